The number of nitrogens with one attached hydrogen (secondary N) is 2. The van der Waals surface area contributed by atoms with E-state index in [1.807, 2.05) is 6.07 Å². The maximum atomic E-state index is 13.1. The van der Waals surface area contributed by atoms with Crippen LogP contribution in [0.1, 0.15) is 11.1 Å². The van der Waals surface area contributed by atoms with Gasteiger partial charge in [0.2, 0.25) is 5.88 Å². The standard InChI is InChI=1S/C21H19F2N3O2/c22-17-5-7-19(8-6-17)28-20-9-4-16(13-25-20)14-26-21(27)24-11-10-15-2-1-3-18(23)12-15/h1-9,12-13H,10-11,14H2,(H2,24,26,27). The summed E-state index contributed by atoms with van der Waals surface area (Å²) in [5.41, 5.74) is 1.62. The fourth-order valence-electron chi connectivity index (χ4n) is 2.46. The van der Waals surface area contributed by atoms with Gasteiger partial charge in [-0.15, -0.1) is 0 Å². The lowest BCUT2D eigenvalue weighted by Gasteiger charge is -2.09. The van der Waals surface area contributed by atoms with E-state index in [1.165, 1.54) is 36.4 Å². The lowest BCUT2D eigenvalue weighted by atomic mass is 10.1. The average Bonchev–Trinajstić information content (AvgIpc) is 2.69. The number of benzene rings is 2. The quantitative estimate of drug-likeness (QED) is 0.643. The number of nitrogens with zero attached hydrogens (tertiary/aromatic N) is 1. The molecule has 0 saturated heterocycles. The topological polar surface area (TPSA) is 63.2 Å². The number of carbonyl (C=O) groups excluding carboxylic acids is 1. The van der Waals surface area contributed by atoms with Gasteiger partial charge in [0, 0.05) is 25.4 Å². The molecule has 7 heteroatoms. The number of hydrogen-bond donors (Lipinski definition) is 2. The van der Waals surface area contributed by atoms with E-state index >= 15 is 0 Å². The molecule has 0 bridgehead atoms. The summed E-state index contributed by atoms with van der Waals surface area (Å²) >= 11 is 0. The van der Waals surface area contributed by atoms with Gasteiger partial charge in [0.15, 0.2) is 0 Å². The Kier molecular flexibility index (Phi) is 6.51. The van der Waals surface area contributed by atoms with Gasteiger partial charge in [-0.2, -0.15) is 0 Å². The first-order valence-electron chi connectivity index (χ1n) is 8.73. The third-order valence-corrected chi connectivity index (χ3v) is 3.87. The first-order valence-corrected chi connectivity index (χ1v) is 8.73. The van der Waals surface area contributed by atoms with E-state index in [0.717, 1.165) is 11.1 Å². The Morgan fingerprint density at radius 3 is 2.46 bits per heavy atom. The summed E-state index contributed by atoms with van der Waals surface area (Å²) in [6, 6.07) is 15.0. The van der Waals surface area contributed by atoms with Crippen LogP contribution in [0.4, 0.5) is 13.6 Å². The molecule has 2 aromatic carbocycles. The van der Waals surface area contributed by atoms with Crippen molar-refractivity contribution in [2.45, 2.75) is 13.0 Å². The van der Waals surface area contributed by atoms with Gasteiger partial charge in [-0.25, -0.2) is 18.6 Å². The molecule has 0 fully saturated rings. The Morgan fingerprint density at radius 1 is 0.929 bits per heavy atom. The molecule has 3 aromatic rings. The Balaban J connectivity index is 1.40. The van der Waals surface area contributed by atoms with Crippen LogP contribution in [0.5, 0.6) is 11.6 Å². The SMILES string of the molecule is O=C(NCCc1cccc(F)c1)NCc1ccc(Oc2ccc(F)cc2)nc1. The van der Waals surface area contributed by atoms with Gasteiger partial charge in [0.1, 0.15) is 17.4 Å². The summed E-state index contributed by atoms with van der Waals surface area (Å²) < 4.78 is 31.5. The van der Waals surface area contributed by atoms with Crippen molar-refractivity contribution in [1.29, 1.82) is 0 Å². The van der Waals surface area contributed by atoms with Crippen LogP contribution in [0.25, 0.3) is 0 Å². The van der Waals surface area contributed by atoms with Crippen molar-refractivity contribution in [3.63, 3.8) is 0 Å². The smallest absolute Gasteiger partial charge is 0.315 e. The normalized spacial score (nSPS) is 10.4. The second-order valence-corrected chi connectivity index (χ2v) is 6.05. The highest BCUT2D eigenvalue weighted by Gasteiger charge is 2.03. The third-order valence-electron chi connectivity index (χ3n) is 3.87. The molecule has 1 aromatic heterocycles. The van der Waals surface area contributed by atoms with Crippen LogP contribution in [0.15, 0.2) is 66.9 Å². The minimum Gasteiger partial charge on any atom is -0.439 e. The molecule has 0 radical (unpaired) electrons. The van der Waals surface area contributed by atoms with Crippen LogP contribution >= 0.6 is 0 Å². The molecule has 0 saturated carbocycles. The molecule has 2 amide bonds. The summed E-state index contributed by atoms with van der Waals surface area (Å²) in [6.07, 6.45) is 2.13. The number of hydrogen-bond acceptors (Lipinski definition) is 3. The van der Waals surface area contributed by atoms with E-state index in [9.17, 15) is 13.6 Å². The lowest BCUT2D eigenvalue weighted by molar-refractivity contribution is 0.240. The highest BCUT2D eigenvalue weighted by atomic mass is 19.1. The maximum Gasteiger partial charge on any atom is 0.315 e. The molecule has 0 spiro atoms. The van der Waals surface area contributed by atoms with E-state index in [2.05, 4.69) is 15.6 Å². The molecule has 0 atom stereocenters. The molecule has 3 rings (SSSR count). The summed E-state index contributed by atoms with van der Waals surface area (Å²) in [7, 11) is 0. The van der Waals surface area contributed by atoms with Gasteiger partial charge in [-0.1, -0.05) is 18.2 Å². The van der Waals surface area contributed by atoms with E-state index in [-0.39, 0.29) is 17.7 Å². The molecule has 5 nitrogen and oxygen atoms in total. The van der Waals surface area contributed by atoms with Crippen molar-refractivity contribution in [2.24, 2.45) is 0 Å². The van der Waals surface area contributed by atoms with Gasteiger partial charge in [0.25, 0.3) is 0 Å². The van der Waals surface area contributed by atoms with E-state index in [0.29, 0.717) is 31.1 Å². The summed E-state index contributed by atoms with van der Waals surface area (Å²) in [5, 5.41) is 5.45. The number of pyridine rings is 1. The number of rotatable bonds is 7. The van der Waals surface area contributed by atoms with Crippen molar-refractivity contribution in [1.82, 2.24) is 15.6 Å². The Bertz CT molecular complexity index is 916. The molecule has 1 heterocycles. The molecule has 144 valence electrons. The molecule has 0 aliphatic heterocycles. The molecular formula is C21H19F2N3O2. The molecule has 0 aliphatic rings. The van der Waals surface area contributed by atoms with E-state index in [1.54, 1.807) is 24.4 Å². The number of aromatic nitrogens is 1. The average molecular weight is 383 g/mol. The van der Waals surface area contributed by atoms with Gasteiger partial charge in [0.05, 0.1) is 0 Å². The Hall–Kier alpha value is -3.48. The van der Waals surface area contributed by atoms with Crippen LogP contribution < -0.4 is 15.4 Å². The molecule has 2 N–H and O–H groups in total. The predicted octanol–water partition coefficient (Wildman–Crippen LogP) is 4.19. The second-order valence-electron chi connectivity index (χ2n) is 6.05. The monoisotopic (exact) mass is 383 g/mol. The van der Waals surface area contributed by atoms with Crippen molar-refractivity contribution in [3.05, 3.63) is 89.6 Å². The fraction of sp³-hybridized carbons (Fsp3) is 0.143. The van der Waals surface area contributed by atoms with Crippen molar-refractivity contribution in [2.75, 3.05) is 6.54 Å². The van der Waals surface area contributed by atoms with Crippen LogP contribution in [0, 0.1) is 11.6 Å². The number of urea groups is 1. The number of amides is 2. The zero-order valence-corrected chi connectivity index (χ0v) is 15.0. The minimum atomic E-state index is -0.337. The van der Waals surface area contributed by atoms with E-state index in [4.69, 9.17) is 4.74 Å². The van der Waals surface area contributed by atoms with Crippen LogP contribution in [0.2, 0.25) is 0 Å². The first-order chi connectivity index (χ1) is 13.6. The van der Waals surface area contributed by atoms with Crippen molar-refractivity contribution in [3.8, 4) is 11.6 Å². The number of carbonyl (C=O) groups is 1. The summed E-state index contributed by atoms with van der Waals surface area (Å²) in [4.78, 5) is 16.0. The van der Waals surface area contributed by atoms with Gasteiger partial charge >= 0.3 is 6.03 Å². The molecule has 28 heavy (non-hydrogen) atoms. The van der Waals surface area contributed by atoms with Gasteiger partial charge < -0.3 is 15.4 Å². The van der Waals surface area contributed by atoms with Gasteiger partial charge in [-0.05, 0) is 53.9 Å². The first kappa shape index (κ1) is 19.3. The zero-order chi connectivity index (χ0) is 19.8. The molecular weight excluding hydrogens is 364 g/mol. The van der Waals surface area contributed by atoms with Crippen molar-refractivity contribution >= 4 is 6.03 Å². The lowest BCUT2D eigenvalue weighted by Crippen LogP contribution is -2.36. The minimum absolute atomic E-state index is 0.290. The highest BCUT2D eigenvalue weighted by molar-refractivity contribution is 5.73. The largest absolute Gasteiger partial charge is 0.439 e. The summed E-state index contributed by atoms with van der Waals surface area (Å²) in [5.74, 6) is 0.226. The van der Waals surface area contributed by atoms with Crippen LogP contribution in [0.3, 0.4) is 0 Å². The Labute approximate surface area is 161 Å². The molecule has 0 aliphatic carbocycles. The van der Waals surface area contributed by atoms with Crippen LogP contribution in [-0.2, 0) is 13.0 Å². The second kappa shape index (κ2) is 9.45. The van der Waals surface area contributed by atoms with Gasteiger partial charge in [-0.3, -0.25) is 0 Å². The number of ether oxygens (including phenoxy) is 1. The Morgan fingerprint density at radius 2 is 1.75 bits per heavy atom. The zero-order valence-electron chi connectivity index (χ0n) is 15.0. The van der Waals surface area contributed by atoms with Crippen LogP contribution in [-0.4, -0.2) is 17.6 Å². The molecule has 0 unspecified atom stereocenters. The van der Waals surface area contributed by atoms with Crippen molar-refractivity contribution < 1.29 is 18.3 Å². The highest BCUT2D eigenvalue weighted by Crippen LogP contribution is 2.19. The fourth-order valence-corrected chi connectivity index (χ4v) is 2.46. The summed E-state index contributed by atoms with van der Waals surface area (Å²) in [6.45, 7) is 0.702. The number of halogens is 2. The maximum absolute atomic E-state index is 13.1. The van der Waals surface area contributed by atoms with E-state index < -0.39 is 0 Å². The third kappa shape index (κ3) is 6.05. The predicted molar refractivity (Wildman–Crippen MR) is 101 cm³/mol.